The molecule has 0 saturated heterocycles. The summed E-state index contributed by atoms with van der Waals surface area (Å²) in [6.07, 6.45) is 0.836. The van der Waals surface area contributed by atoms with Crippen molar-refractivity contribution in [1.29, 1.82) is 0 Å². The highest BCUT2D eigenvalue weighted by molar-refractivity contribution is 6.04. The highest BCUT2D eigenvalue weighted by atomic mass is 16.5. The van der Waals surface area contributed by atoms with Crippen LogP contribution in [0.25, 0.3) is 0 Å². The molecular formula is C15H18N4O3. The van der Waals surface area contributed by atoms with Crippen molar-refractivity contribution in [2.75, 3.05) is 26.1 Å². The fourth-order valence-corrected chi connectivity index (χ4v) is 2.47. The highest BCUT2D eigenvalue weighted by Crippen LogP contribution is 2.24. The van der Waals surface area contributed by atoms with E-state index in [1.54, 1.807) is 32.4 Å². The number of carbonyl (C=O) groups is 1. The topological polar surface area (TPSA) is 88.3 Å². The number of anilines is 1. The van der Waals surface area contributed by atoms with Gasteiger partial charge in [0.25, 0.3) is 5.91 Å². The van der Waals surface area contributed by atoms with Gasteiger partial charge < -0.3 is 20.1 Å². The molecule has 0 radical (unpaired) electrons. The third kappa shape index (κ3) is 2.75. The van der Waals surface area contributed by atoms with Gasteiger partial charge in [0.05, 0.1) is 19.9 Å². The minimum Gasteiger partial charge on any atom is -0.497 e. The van der Waals surface area contributed by atoms with Crippen LogP contribution in [0.1, 0.15) is 21.6 Å². The molecule has 1 aliphatic heterocycles. The average molecular weight is 302 g/mol. The van der Waals surface area contributed by atoms with Crippen LogP contribution in [0.15, 0.2) is 18.2 Å². The monoisotopic (exact) mass is 302 g/mol. The molecule has 116 valence electrons. The van der Waals surface area contributed by atoms with E-state index >= 15 is 0 Å². The molecule has 0 saturated carbocycles. The fourth-order valence-electron chi connectivity index (χ4n) is 2.47. The number of hydrogen-bond donors (Lipinski definition) is 3. The first-order valence-corrected chi connectivity index (χ1v) is 7.02. The van der Waals surface area contributed by atoms with Crippen LogP contribution < -0.4 is 20.1 Å². The maximum Gasteiger partial charge on any atom is 0.257 e. The second kappa shape index (κ2) is 6.07. The standard InChI is InChI=1S/C15H18N4O3/c1-21-10-5-9(6-11(7-10)22-2)15(20)17-14-12-3-4-16-8-13(12)18-19-14/h5-7,16H,3-4,8H2,1-2H3,(H2,17,18,19,20). The highest BCUT2D eigenvalue weighted by Gasteiger charge is 2.19. The predicted octanol–water partition coefficient (Wildman–Crippen LogP) is 1.32. The Kier molecular flexibility index (Phi) is 3.97. The number of fused-ring (bicyclic) bond motifs is 1. The summed E-state index contributed by atoms with van der Waals surface area (Å²) in [7, 11) is 3.10. The zero-order valence-electron chi connectivity index (χ0n) is 12.5. The number of benzene rings is 1. The molecule has 3 N–H and O–H groups in total. The van der Waals surface area contributed by atoms with E-state index < -0.39 is 0 Å². The summed E-state index contributed by atoms with van der Waals surface area (Å²) >= 11 is 0. The molecule has 0 atom stereocenters. The van der Waals surface area contributed by atoms with Gasteiger partial charge in [-0.05, 0) is 25.1 Å². The summed E-state index contributed by atoms with van der Waals surface area (Å²) in [5.74, 6) is 1.48. The molecule has 2 heterocycles. The van der Waals surface area contributed by atoms with Crippen LogP contribution in [0.4, 0.5) is 5.82 Å². The summed E-state index contributed by atoms with van der Waals surface area (Å²) < 4.78 is 10.4. The molecule has 0 spiro atoms. The van der Waals surface area contributed by atoms with E-state index in [9.17, 15) is 4.79 Å². The number of ether oxygens (including phenoxy) is 2. The van der Waals surface area contributed by atoms with Crippen molar-refractivity contribution in [2.45, 2.75) is 13.0 Å². The number of carbonyl (C=O) groups excluding carboxylic acids is 1. The van der Waals surface area contributed by atoms with Crippen LogP contribution in [-0.2, 0) is 13.0 Å². The third-order valence-corrected chi connectivity index (χ3v) is 3.65. The van der Waals surface area contributed by atoms with Crippen LogP contribution in [-0.4, -0.2) is 36.9 Å². The lowest BCUT2D eigenvalue weighted by Crippen LogP contribution is -2.24. The van der Waals surface area contributed by atoms with Gasteiger partial charge in [-0.25, -0.2) is 0 Å². The summed E-state index contributed by atoms with van der Waals surface area (Å²) in [6.45, 7) is 1.62. The van der Waals surface area contributed by atoms with Gasteiger partial charge in [0.1, 0.15) is 11.5 Å². The van der Waals surface area contributed by atoms with Crippen molar-refractivity contribution in [3.8, 4) is 11.5 Å². The Balaban J connectivity index is 1.84. The third-order valence-electron chi connectivity index (χ3n) is 3.65. The number of aromatic nitrogens is 2. The van der Waals surface area contributed by atoms with E-state index in [4.69, 9.17) is 9.47 Å². The molecule has 7 nitrogen and oxygen atoms in total. The lowest BCUT2D eigenvalue weighted by Gasteiger charge is -2.13. The van der Waals surface area contributed by atoms with Gasteiger partial charge in [0, 0.05) is 23.7 Å². The van der Waals surface area contributed by atoms with Crippen LogP contribution in [0.5, 0.6) is 11.5 Å². The molecule has 0 aliphatic carbocycles. The number of H-pyrrole nitrogens is 1. The van der Waals surface area contributed by atoms with Crippen LogP contribution in [0.2, 0.25) is 0 Å². The molecule has 22 heavy (non-hydrogen) atoms. The summed E-state index contributed by atoms with van der Waals surface area (Å²) in [4.78, 5) is 12.4. The van der Waals surface area contributed by atoms with E-state index in [-0.39, 0.29) is 5.91 Å². The van der Waals surface area contributed by atoms with Crippen molar-refractivity contribution < 1.29 is 14.3 Å². The van der Waals surface area contributed by atoms with E-state index in [1.807, 2.05) is 0 Å². The Morgan fingerprint density at radius 3 is 2.64 bits per heavy atom. The fraction of sp³-hybridized carbons (Fsp3) is 0.333. The first kappa shape index (κ1) is 14.4. The normalized spacial score (nSPS) is 13.4. The maximum atomic E-state index is 12.4. The molecule has 0 fully saturated rings. The molecule has 0 unspecified atom stereocenters. The molecule has 2 aromatic rings. The number of amides is 1. The molecule has 7 heteroatoms. The molecular weight excluding hydrogens is 284 g/mol. The zero-order chi connectivity index (χ0) is 15.5. The van der Waals surface area contributed by atoms with Gasteiger partial charge in [0.2, 0.25) is 0 Å². The molecule has 1 aromatic carbocycles. The minimum atomic E-state index is -0.245. The number of methoxy groups -OCH3 is 2. The van der Waals surface area contributed by atoms with Crippen LogP contribution in [0, 0.1) is 0 Å². The minimum absolute atomic E-state index is 0.245. The van der Waals surface area contributed by atoms with Gasteiger partial charge in [-0.2, -0.15) is 5.10 Å². The van der Waals surface area contributed by atoms with Gasteiger partial charge in [-0.1, -0.05) is 0 Å². The summed E-state index contributed by atoms with van der Waals surface area (Å²) in [5.41, 5.74) is 2.54. The summed E-state index contributed by atoms with van der Waals surface area (Å²) in [5, 5.41) is 13.2. The van der Waals surface area contributed by atoms with Crippen molar-refractivity contribution in [1.82, 2.24) is 15.5 Å². The van der Waals surface area contributed by atoms with Gasteiger partial charge >= 0.3 is 0 Å². The number of rotatable bonds is 4. The first-order valence-electron chi connectivity index (χ1n) is 7.02. The Morgan fingerprint density at radius 1 is 1.23 bits per heavy atom. The molecule has 1 aromatic heterocycles. The zero-order valence-corrected chi connectivity index (χ0v) is 12.5. The van der Waals surface area contributed by atoms with Crippen molar-refractivity contribution in [3.05, 3.63) is 35.0 Å². The molecule has 1 aliphatic rings. The van der Waals surface area contributed by atoms with Gasteiger partial charge in [0.15, 0.2) is 5.82 Å². The lowest BCUT2D eigenvalue weighted by atomic mass is 10.1. The Morgan fingerprint density at radius 2 is 1.95 bits per heavy atom. The summed E-state index contributed by atoms with van der Waals surface area (Å²) in [6, 6.07) is 5.05. The van der Waals surface area contributed by atoms with Crippen molar-refractivity contribution in [2.24, 2.45) is 0 Å². The largest absolute Gasteiger partial charge is 0.497 e. The second-order valence-electron chi connectivity index (χ2n) is 5.01. The van der Waals surface area contributed by atoms with E-state index in [0.29, 0.717) is 22.9 Å². The van der Waals surface area contributed by atoms with Gasteiger partial charge in [-0.15, -0.1) is 0 Å². The SMILES string of the molecule is COc1cc(OC)cc(C(=O)Nc2n[nH]c3c2CCNC3)c1. The quantitative estimate of drug-likeness (QED) is 0.793. The van der Waals surface area contributed by atoms with E-state index in [2.05, 4.69) is 20.8 Å². The second-order valence-corrected chi connectivity index (χ2v) is 5.01. The Bertz CT molecular complexity index is 674. The van der Waals surface area contributed by atoms with Gasteiger partial charge in [-0.3, -0.25) is 9.89 Å². The number of hydrogen-bond acceptors (Lipinski definition) is 5. The smallest absolute Gasteiger partial charge is 0.257 e. The molecule has 3 rings (SSSR count). The van der Waals surface area contributed by atoms with Crippen LogP contribution in [0.3, 0.4) is 0 Å². The molecule has 0 bridgehead atoms. The molecule has 1 amide bonds. The Hall–Kier alpha value is -2.54. The van der Waals surface area contributed by atoms with Crippen molar-refractivity contribution >= 4 is 11.7 Å². The van der Waals surface area contributed by atoms with E-state index in [0.717, 1.165) is 30.8 Å². The van der Waals surface area contributed by atoms with Crippen LogP contribution >= 0.6 is 0 Å². The number of nitrogens with zero attached hydrogens (tertiary/aromatic N) is 1. The first-order chi connectivity index (χ1) is 10.7. The van der Waals surface area contributed by atoms with Crippen molar-refractivity contribution in [3.63, 3.8) is 0 Å². The number of nitrogens with one attached hydrogen (secondary N) is 3. The van der Waals surface area contributed by atoms with E-state index in [1.165, 1.54) is 0 Å². The predicted molar refractivity (Wildman–Crippen MR) is 81.5 cm³/mol. The maximum absolute atomic E-state index is 12.4. The number of aromatic amines is 1. The average Bonchev–Trinajstić information content (AvgIpc) is 2.97. The lowest BCUT2D eigenvalue weighted by molar-refractivity contribution is 0.102. The Labute approximate surface area is 128 Å².